The summed E-state index contributed by atoms with van der Waals surface area (Å²) < 4.78 is 0. The zero-order valence-corrected chi connectivity index (χ0v) is 12.3. The van der Waals surface area contributed by atoms with Crippen molar-refractivity contribution >= 4 is 5.91 Å². The minimum atomic E-state index is -0.246. The van der Waals surface area contributed by atoms with E-state index in [2.05, 4.69) is 5.32 Å². The third kappa shape index (κ3) is 4.72. The van der Waals surface area contributed by atoms with Crippen molar-refractivity contribution in [1.29, 1.82) is 0 Å². The second kappa shape index (κ2) is 7.60. The van der Waals surface area contributed by atoms with Crippen LogP contribution in [0.4, 0.5) is 0 Å². The fourth-order valence-electron chi connectivity index (χ4n) is 2.32. The summed E-state index contributed by atoms with van der Waals surface area (Å²) in [5.74, 6) is -0.0562. The smallest absolute Gasteiger partial charge is 0.224 e. The van der Waals surface area contributed by atoms with E-state index in [0.29, 0.717) is 12.8 Å². The molecule has 0 aliphatic rings. The van der Waals surface area contributed by atoms with Gasteiger partial charge in [-0.25, -0.2) is 0 Å². The van der Waals surface area contributed by atoms with Crippen molar-refractivity contribution in [1.82, 2.24) is 5.32 Å². The lowest BCUT2D eigenvalue weighted by Crippen LogP contribution is -2.40. The van der Waals surface area contributed by atoms with Crippen LogP contribution < -0.4 is 5.32 Å². The zero-order valence-electron chi connectivity index (χ0n) is 12.3. The molecule has 1 amide bonds. The molecule has 0 aliphatic carbocycles. The molecule has 0 saturated heterocycles. The number of hydrogen-bond donors (Lipinski definition) is 2. The van der Waals surface area contributed by atoms with Gasteiger partial charge in [-0.05, 0) is 30.0 Å². The van der Waals surface area contributed by atoms with Gasteiger partial charge in [0.1, 0.15) is 0 Å². The predicted octanol–water partition coefficient (Wildman–Crippen LogP) is 2.26. The molecule has 2 aromatic carbocycles. The maximum atomic E-state index is 12.1. The molecule has 3 nitrogen and oxygen atoms in total. The van der Waals surface area contributed by atoms with Gasteiger partial charge in [0.2, 0.25) is 5.91 Å². The van der Waals surface area contributed by atoms with Crippen LogP contribution in [0.2, 0.25) is 0 Å². The van der Waals surface area contributed by atoms with Crippen molar-refractivity contribution in [2.75, 3.05) is 6.61 Å². The Balaban J connectivity index is 1.92. The van der Waals surface area contributed by atoms with Crippen molar-refractivity contribution in [2.24, 2.45) is 0 Å². The van der Waals surface area contributed by atoms with E-state index in [1.807, 2.05) is 61.5 Å². The molecule has 2 aromatic rings. The Morgan fingerprint density at radius 3 is 2.43 bits per heavy atom. The minimum absolute atomic E-state index is 0.0562. The Morgan fingerprint density at radius 1 is 1.10 bits per heavy atom. The third-order valence-electron chi connectivity index (χ3n) is 3.52. The number of benzene rings is 2. The molecule has 0 aliphatic heterocycles. The molecular formula is C18H21NO2. The molecule has 21 heavy (non-hydrogen) atoms. The van der Waals surface area contributed by atoms with Gasteiger partial charge in [0.25, 0.3) is 0 Å². The van der Waals surface area contributed by atoms with Gasteiger partial charge in [0.15, 0.2) is 0 Å². The molecule has 0 heterocycles. The van der Waals surface area contributed by atoms with E-state index in [-0.39, 0.29) is 18.6 Å². The molecule has 0 radical (unpaired) electrons. The average molecular weight is 283 g/mol. The monoisotopic (exact) mass is 283 g/mol. The van der Waals surface area contributed by atoms with Crippen LogP contribution in [-0.4, -0.2) is 23.7 Å². The number of amides is 1. The van der Waals surface area contributed by atoms with E-state index < -0.39 is 0 Å². The first-order valence-corrected chi connectivity index (χ1v) is 7.17. The van der Waals surface area contributed by atoms with Crippen LogP contribution in [0.3, 0.4) is 0 Å². The number of nitrogens with one attached hydrogen (secondary N) is 1. The lowest BCUT2D eigenvalue weighted by atomic mass is 10.0. The summed E-state index contributed by atoms with van der Waals surface area (Å²) in [6, 6.07) is 17.5. The molecule has 3 heteroatoms. The highest BCUT2D eigenvalue weighted by molar-refractivity contribution is 5.79. The van der Waals surface area contributed by atoms with E-state index in [9.17, 15) is 9.90 Å². The molecule has 0 saturated carbocycles. The number of hydrogen-bond acceptors (Lipinski definition) is 2. The first kappa shape index (κ1) is 15.3. The van der Waals surface area contributed by atoms with Crippen LogP contribution in [0.15, 0.2) is 54.6 Å². The molecule has 0 aromatic heterocycles. The lowest BCUT2D eigenvalue weighted by molar-refractivity contribution is -0.121. The van der Waals surface area contributed by atoms with Crippen LogP contribution in [0, 0.1) is 6.92 Å². The van der Waals surface area contributed by atoms with Gasteiger partial charge in [-0.15, -0.1) is 0 Å². The van der Waals surface area contributed by atoms with Crippen LogP contribution in [-0.2, 0) is 17.6 Å². The molecule has 0 spiro atoms. The van der Waals surface area contributed by atoms with Gasteiger partial charge >= 0.3 is 0 Å². The summed E-state index contributed by atoms with van der Waals surface area (Å²) in [6.45, 7) is 1.94. The fraction of sp³-hybridized carbons (Fsp3) is 0.278. The number of rotatable bonds is 6. The summed E-state index contributed by atoms with van der Waals surface area (Å²) in [5.41, 5.74) is 3.23. The molecule has 2 N–H and O–H groups in total. The van der Waals surface area contributed by atoms with Gasteiger partial charge in [0, 0.05) is 0 Å². The quantitative estimate of drug-likeness (QED) is 0.854. The highest BCUT2D eigenvalue weighted by atomic mass is 16.3. The number of aliphatic hydroxyl groups excluding tert-OH is 1. The third-order valence-corrected chi connectivity index (χ3v) is 3.52. The summed E-state index contributed by atoms with van der Waals surface area (Å²) >= 11 is 0. The molecule has 110 valence electrons. The predicted molar refractivity (Wildman–Crippen MR) is 84.0 cm³/mol. The largest absolute Gasteiger partial charge is 0.394 e. The molecular weight excluding hydrogens is 262 g/mol. The van der Waals surface area contributed by atoms with Crippen molar-refractivity contribution in [3.63, 3.8) is 0 Å². The summed E-state index contributed by atoms with van der Waals surface area (Å²) in [4.78, 5) is 12.1. The van der Waals surface area contributed by atoms with Gasteiger partial charge in [0.05, 0.1) is 19.1 Å². The fourth-order valence-corrected chi connectivity index (χ4v) is 2.32. The first-order chi connectivity index (χ1) is 10.2. The Labute approximate surface area is 125 Å². The van der Waals surface area contributed by atoms with E-state index in [1.54, 1.807) is 0 Å². The van der Waals surface area contributed by atoms with Gasteiger partial charge in [-0.1, -0.05) is 54.6 Å². The Bertz CT molecular complexity index is 581. The maximum Gasteiger partial charge on any atom is 0.224 e. The number of aryl methyl sites for hydroxylation is 1. The van der Waals surface area contributed by atoms with Crippen LogP contribution in [0.25, 0.3) is 0 Å². The molecule has 0 fully saturated rings. The summed E-state index contributed by atoms with van der Waals surface area (Å²) in [6.07, 6.45) is 0.981. The van der Waals surface area contributed by atoms with Gasteiger partial charge in [-0.3, -0.25) is 4.79 Å². The normalized spacial score (nSPS) is 11.9. The van der Waals surface area contributed by atoms with Crippen molar-refractivity contribution in [2.45, 2.75) is 25.8 Å². The number of aliphatic hydroxyl groups is 1. The van der Waals surface area contributed by atoms with Gasteiger partial charge in [-0.2, -0.15) is 0 Å². The first-order valence-electron chi connectivity index (χ1n) is 7.17. The SMILES string of the molecule is Cc1ccccc1CC(=O)NC(CO)Cc1ccccc1. The topological polar surface area (TPSA) is 49.3 Å². The van der Waals surface area contributed by atoms with Crippen molar-refractivity contribution < 1.29 is 9.90 Å². The highest BCUT2D eigenvalue weighted by Gasteiger charge is 2.13. The lowest BCUT2D eigenvalue weighted by Gasteiger charge is -2.17. The van der Waals surface area contributed by atoms with Crippen LogP contribution >= 0.6 is 0 Å². The van der Waals surface area contributed by atoms with Crippen LogP contribution in [0.1, 0.15) is 16.7 Å². The molecule has 1 unspecified atom stereocenters. The zero-order chi connectivity index (χ0) is 15.1. The van der Waals surface area contributed by atoms with Gasteiger partial charge < -0.3 is 10.4 Å². The van der Waals surface area contributed by atoms with E-state index >= 15 is 0 Å². The summed E-state index contributed by atoms with van der Waals surface area (Å²) in [5, 5.41) is 12.3. The van der Waals surface area contributed by atoms with E-state index in [4.69, 9.17) is 0 Å². The highest BCUT2D eigenvalue weighted by Crippen LogP contribution is 2.08. The average Bonchev–Trinajstić information content (AvgIpc) is 2.50. The molecule has 0 bridgehead atoms. The number of carbonyl (C=O) groups excluding carboxylic acids is 1. The summed E-state index contributed by atoms with van der Waals surface area (Å²) in [7, 11) is 0. The van der Waals surface area contributed by atoms with E-state index in [1.165, 1.54) is 0 Å². The maximum absolute atomic E-state index is 12.1. The Hall–Kier alpha value is -2.13. The van der Waals surface area contributed by atoms with Crippen molar-refractivity contribution in [3.05, 3.63) is 71.3 Å². The Kier molecular flexibility index (Phi) is 5.52. The van der Waals surface area contributed by atoms with Crippen LogP contribution in [0.5, 0.6) is 0 Å². The number of carbonyl (C=O) groups is 1. The second-order valence-electron chi connectivity index (χ2n) is 5.24. The molecule has 1 atom stereocenters. The Morgan fingerprint density at radius 2 is 1.76 bits per heavy atom. The van der Waals surface area contributed by atoms with Crippen molar-refractivity contribution in [3.8, 4) is 0 Å². The second-order valence-corrected chi connectivity index (χ2v) is 5.24. The molecule has 2 rings (SSSR count). The minimum Gasteiger partial charge on any atom is -0.394 e. The van der Waals surface area contributed by atoms with E-state index in [0.717, 1.165) is 16.7 Å². The standard InChI is InChI=1S/C18H21NO2/c1-14-7-5-6-10-16(14)12-18(21)19-17(13-20)11-15-8-3-2-4-9-15/h2-10,17,20H,11-13H2,1H3,(H,19,21).